The Kier molecular flexibility index (Phi) is 5.90. The molecule has 0 amide bonds. The van der Waals surface area contributed by atoms with Gasteiger partial charge in [-0.2, -0.15) is 11.3 Å². The molecule has 2 atom stereocenters. The van der Waals surface area contributed by atoms with Gasteiger partial charge < -0.3 is 0 Å². The van der Waals surface area contributed by atoms with Crippen LogP contribution in [0.3, 0.4) is 0 Å². The van der Waals surface area contributed by atoms with Crippen molar-refractivity contribution in [1.82, 2.24) is 0 Å². The molecule has 1 aromatic heterocycles. The Morgan fingerprint density at radius 1 is 1.54 bits per heavy atom. The van der Waals surface area contributed by atoms with E-state index in [9.17, 15) is 0 Å². The van der Waals surface area contributed by atoms with Crippen LogP contribution in [0.15, 0.2) is 16.8 Å². The van der Waals surface area contributed by atoms with E-state index in [0.717, 1.165) is 3.92 Å². The zero-order valence-corrected chi connectivity index (χ0v) is 12.2. The minimum atomic E-state index is 0.652. The lowest BCUT2D eigenvalue weighted by Gasteiger charge is -2.09. The van der Waals surface area contributed by atoms with Crippen molar-refractivity contribution in [2.45, 2.75) is 34.9 Å². The van der Waals surface area contributed by atoms with Crippen molar-refractivity contribution in [2.75, 3.05) is 0 Å². The third-order valence-electron chi connectivity index (χ3n) is 1.91. The van der Waals surface area contributed by atoms with E-state index in [1.54, 1.807) is 11.3 Å². The highest BCUT2D eigenvalue weighted by Gasteiger charge is 2.07. The van der Waals surface area contributed by atoms with Crippen LogP contribution in [-0.2, 0) is 6.42 Å². The van der Waals surface area contributed by atoms with Gasteiger partial charge in [-0.05, 0) is 41.7 Å². The second-order valence-corrected chi connectivity index (χ2v) is 7.49. The topological polar surface area (TPSA) is 0 Å². The Labute approximate surface area is 106 Å². The number of thiophene rings is 1. The van der Waals surface area contributed by atoms with Gasteiger partial charge in [0.25, 0.3) is 0 Å². The standard InChI is InChI=1S/C10H14BrIS/c1-8(12)2-3-10(11)6-9-4-5-13-7-9/h4-5,7-8,10H,2-3,6H2,1H3. The number of halogens is 2. The highest BCUT2D eigenvalue weighted by Crippen LogP contribution is 2.19. The van der Waals surface area contributed by atoms with Gasteiger partial charge in [-0.1, -0.05) is 45.4 Å². The lowest BCUT2D eigenvalue weighted by Crippen LogP contribution is -2.04. The van der Waals surface area contributed by atoms with Crippen LogP contribution in [0.25, 0.3) is 0 Å². The lowest BCUT2D eigenvalue weighted by atomic mass is 10.1. The summed E-state index contributed by atoms with van der Waals surface area (Å²) in [6.45, 7) is 2.27. The van der Waals surface area contributed by atoms with Crippen molar-refractivity contribution in [3.63, 3.8) is 0 Å². The van der Waals surface area contributed by atoms with Gasteiger partial charge in [0, 0.05) is 8.75 Å². The zero-order valence-electron chi connectivity index (χ0n) is 7.67. The molecule has 0 nitrogen and oxygen atoms in total. The minimum Gasteiger partial charge on any atom is -0.152 e. The van der Waals surface area contributed by atoms with Crippen LogP contribution in [0.5, 0.6) is 0 Å². The maximum Gasteiger partial charge on any atom is 0.0186 e. The summed E-state index contributed by atoms with van der Waals surface area (Å²) < 4.78 is 0.792. The fourth-order valence-electron chi connectivity index (χ4n) is 1.18. The highest BCUT2D eigenvalue weighted by atomic mass is 127. The summed E-state index contributed by atoms with van der Waals surface area (Å²) in [4.78, 5) is 0.652. The molecule has 0 spiro atoms. The molecule has 0 aliphatic rings. The Hall–Kier alpha value is 0.910. The van der Waals surface area contributed by atoms with Gasteiger partial charge in [-0.3, -0.25) is 0 Å². The molecule has 2 unspecified atom stereocenters. The number of hydrogen-bond donors (Lipinski definition) is 0. The molecular formula is C10H14BrIS. The quantitative estimate of drug-likeness (QED) is 0.521. The van der Waals surface area contributed by atoms with Crippen molar-refractivity contribution < 1.29 is 0 Å². The first-order chi connectivity index (χ1) is 6.18. The number of rotatable bonds is 5. The fourth-order valence-corrected chi connectivity index (χ4v) is 2.86. The molecule has 0 saturated carbocycles. The average Bonchev–Trinajstić information content (AvgIpc) is 2.53. The predicted molar refractivity (Wildman–Crippen MR) is 73.5 cm³/mol. The van der Waals surface area contributed by atoms with E-state index in [-0.39, 0.29) is 0 Å². The molecule has 0 aromatic carbocycles. The molecule has 3 heteroatoms. The lowest BCUT2D eigenvalue weighted by molar-refractivity contribution is 0.709. The summed E-state index contributed by atoms with van der Waals surface area (Å²) in [6.07, 6.45) is 3.76. The van der Waals surface area contributed by atoms with Crippen LogP contribution < -0.4 is 0 Å². The summed E-state index contributed by atoms with van der Waals surface area (Å²) in [5.74, 6) is 0. The molecule has 0 aliphatic carbocycles. The average molecular weight is 373 g/mol. The minimum absolute atomic E-state index is 0.652. The summed E-state index contributed by atoms with van der Waals surface area (Å²) in [5, 5.41) is 4.39. The molecule has 0 radical (unpaired) electrons. The first-order valence-electron chi connectivity index (χ1n) is 4.47. The summed E-state index contributed by atoms with van der Waals surface area (Å²) >= 11 is 8.00. The van der Waals surface area contributed by atoms with Gasteiger partial charge in [0.1, 0.15) is 0 Å². The van der Waals surface area contributed by atoms with Crippen molar-refractivity contribution in [3.8, 4) is 0 Å². The van der Waals surface area contributed by atoms with E-state index in [1.807, 2.05) is 0 Å². The first kappa shape index (κ1) is 12.0. The zero-order chi connectivity index (χ0) is 9.68. The van der Waals surface area contributed by atoms with E-state index >= 15 is 0 Å². The Morgan fingerprint density at radius 3 is 2.85 bits per heavy atom. The van der Waals surface area contributed by atoms with Gasteiger partial charge in [0.2, 0.25) is 0 Å². The van der Waals surface area contributed by atoms with Gasteiger partial charge in [0.15, 0.2) is 0 Å². The van der Waals surface area contributed by atoms with Crippen LogP contribution >= 0.6 is 49.9 Å². The Bertz CT molecular complexity index is 221. The molecule has 13 heavy (non-hydrogen) atoms. The van der Waals surface area contributed by atoms with Crippen LogP contribution in [0, 0.1) is 0 Å². The molecule has 74 valence electrons. The van der Waals surface area contributed by atoms with Crippen LogP contribution in [0.2, 0.25) is 0 Å². The highest BCUT2D eigenvalue weighted by molar-refractivity contribution is 14.1. The van der Waals surface area contributed by atoms with E-state index in [2.05, 4.69) is 62.3 Å². The molecule has 1 rings (SSSR count). The largest absolute Gasteiger partial charge is 0.152 e. The van der Waals surface area contributed by atoms with Crippen molar-refractivity contribution in [3.05, 3.63) is 22.4 Å². The maximum absolute atomic E-state index is 3.73. The summed E-state index contributed by atoms with van der Waals surface area (Å²) in [7, 11) is 0. The molecular weight excluding hydrogens is 359 g/mol. The first-order valence-corrected chi connectivity index (χ1v) is 7.58. The molecule has 0 aliphatic heterocycles. The van der Waals surface area contributed by atoms with Gasteiger partial charge in [-0.25, -0.2) is 0 Å². The van der Waals surface area contributed by atoms with Crippen LogP contribution in [0.1, 0.15) is 25.3 Å². The smallest absolute Gasteiger partial charge is 0.0186 e. The van der Waals surface area contributed by atoms with E-state index in [0.29, 0.717) is 4.83 Å². The van der Waals surface area contributed by atoms with E-state index in [4.69, 9.17) is 0 Å². The monoisotopic (exact) mass is 372 g/mol. The normalized spacial score (nSPS) is 15.6. The van der Waals surface area contributed by atoms with Gasteiger partial charge in [-0.15, -0.1) is 0 Å². The molecule has 0 saturated heterocycles. The molecule has 1 aromatic rings. The van der Waals surface area contributed by atoms with Crippen LogP contribution in [-0.4, -0.2) is 8.75 Å². The SMILES string of the molecule is CC(I)CCC(Br)Cc1ccsc1. The fraction of sp³-hybridized carbons (Fsp3) is 0.600. The Balaban J connectivity index is 2.22. The second-order valence-electron chi connectivity index (χ2n) is 3.29. The van der Waals surface area contributed by atoms with Gasteiger partial charge >= 0.3 is 0 Å². The summed E-state index contributed by atoms with van der Waals surface area (Å²) in [6, 6.07) is 2.21. The van der Waals surface area contributed by atoms with E-state index < -0.39 is 0 Å². The van der Waals surface area contributed by atoms with E-state index in [1.165, 1.54) is 24.8 Å². The number of alkyl halides is 2. The predicted octanol–water partition coefficient (Wildman–Crippen LogP) is 4.66. The maximum atomic E-state index is 3.73. The van der Waals surface area contributed by atoms with Crippen molar-refractivity contribution >= 4 is 49.9 Å². The van der Waals surface area contributed by atoms with Gasteiger partial charge in [0.05, 0.1) is 0 Å². The van der Waals surface area contributed by atoms with Crippen molar-refractivity contribution in [1.29, 1.82) is 0 Å². The molecule has 0 fully saturated rings. The van der Waals surface area contributed by atoms with Crippen molar-refractivity contribution in [2.24, 2.45) is 0 Å². The number of hydrogen-bond acceptors (Lipinski definition) is 1. The molecule has 0 N–H and O–H groups in total. The third-order valence-corrected chi connectivity index (χ3v) is 4.05. The molecule has 0 bridgehead atoms. The third kappa shape index (κ3) is 5.37. The summed E-state index contributed by atoms with van der Waals surface area (Å²) in [5.41, 5.74) is 1.47. The Morgan fingerprint density at radius 2 is 2.31 bits per heavy atom. The van der Waals surface area contributed by atoms with Crippen LogP contribution in [0.4, 0.5) is 0 Å². The molecule has 1 heterocycles. The second kappa shape index (κ2) is 6.40.